The Morgan fingerprint density at radius 3 is 2.51 bits per heavy atom. The first-order valence-electron chi connectivity index (χ1n) is 12.6. The first-order chi connectivity index (χ1) is 17.4. The summed E-state index contributed by atoms with van der Waals surface area (Å²) < 4.78 is 17.0. The van der Waals surface area contributed by atoms with Crippen LogP contribution in [0.2, 0.25) is 0 Å². The molecule has 1 aliphatic heterocycles. The second kappa shape index (κ2) is 14.2. The number of hydrogen-bond acceptors (Lipinski definition) is 9. The molecule has 0 aromatic heterocycles. The number of anilines is 1. The number of carbonyl (C=O) groups excluding carboxylic acids is 3. The third-order valence-corrected chi connectivity index (χ3v) is 5.81. The SMILES string of the molecule is CC(=O)OCc1ccc(NC(C)C)c(OC2CC(O)CC(C(=O)NCCNC(=O)C(C)(C)CCO)O2)c1. The number of hydrogen-bond donors (Lipinski definition) is 5. The van der Waals surface area contributed by atoms with E-state index in [-0.39, 0.29) is 51.1 Å². The van der Waals surface area contributed by atoms with Crippen LogP contribution in [0, 0.1) is 5.41 Å². The van der Waals surface area contributed by atoms with Gasteiger partial charge in [-0.1, -0.05) is 19.9 Å². The Hall–Kier alpha value is -2.89. The molecule has 0 radical (unpaired) electrons. The summed E-state index contributed by atoms with van der Waals surface area (Å²) in [6.45, 7) is 9.16. The summed E-state index contributed by atoms with van der Waals surface area (Å²) in [7, 11) is 0. The van der Waals surface area contributed by atoms with Crippen molar-refractivity contribution in [2.24, 2.45) is 5.41 Å². The monoisotopic (exact) mass is 523 g/mol. The number of aliphatic hydroxyl groups excluding tert-OH is 2. The Balaban J connectivity index is 1.97. The molecule has 0 aliphatic carbocycles. The third kappa shape index (κ3) is 10.2. The first kappa shape index (κ1) is 30.3. The van der Waals surface area contributed by atoms with E-state index in [0.29, 0.717) is 17.9 Å². The maximum absolute atomic E-state index is 12.7. The Bertz CT molecular complexity index is 921. The highest BCUT2D eigenvalue weighted by Gasteiger charge is 2.34. The van der Waals surface area contributed by atoms with Crippen LogP contribution in [0.5, 0.6) is 5.75 Å². The molecule has 11 nitrogen and oxygen atoms in total. The van der Waals surface area contributed by atoms with Crippen LogP contribution < -0.4 is 20.7 Å². The minimum absolute atomic E-state index is 0.0839. The van der Waals surface area contributed by atoms with Crippen molar-refractivity contribution < 1.29 is 38.8 Å². The van der Waals surface area contributed by atoms with E-state index in [1.807, 2.05) is 26.0 Å². The molecule has 208 valence electrons. The van der Waals surface area contributed by atoms with Gasteiger partial charge >= 0.3 is 5.97 Å². The van der Waals surface area contributed by atoms with E-state index in [0.717, 1.165) is 5.56 Å². The lowest BCUT2D eigenvalue weighted by molar-refractivity contribution is -0.184. The largest absolute Gasteiger partial charge is 0.463 e. The topological polar surface area (TPSA) is 155 Å². The first-order valence-corrected chi connectivity index (χ1v) is 12.6. The smallest absolute Gasteiger partial charge is 0.302 e. The summed E-state index contributed by atoms with van der Waals surface area (Å²) in [6.07, 6.45) is -1.99. The van der Waals surface area contributed by atoms with Gasteiger partial charge in [-0.05, 0) is 38.0 Å². The summed E-state index contributed by atoms with van der Waals surface area (Å²) in [5.74, 6) is -0.576. The highest BCUT2D eigenvalue weighted by atomic mass is 16.7. The van der Waals surface area contributed by atoms with Crippen molar-refractivity contribution in [2.75, 3.05) is 25.0 Å². The Kier molecular flexibility index (Phi) is 11.6. The number of carbonyl (C=O) groups is 3. The molecule has 1 aromatic carbocycles. The number of amides is 2. The Morgan fingerprint density at radius 2 is 1.86 bits per heavy atom. The van der Waals surface area contributed by atoms with Crippen molar-refractivity contribution in [1.82, 2.24) is 10.6 Å². The predicted octanol–water partition coefficient (Wildman–Crippen LogP) is 1.46. The van der Waals surface area contributed by atoms with Crippen molar-refractivity contribution in [3.63, 3.8) is 0 Å². The molecule has 1 heterocycles. The zero-order valence-electron chi connectivity index (χ0n) is 22.3. The van der Waals surface area contributed by atoms with E-state index in [1.165, 1.54) is 6.92 Å². The maximum atomic E-state index is 12.7. The van der Waals surface area contributed by atoms with E-state index in [4.69, 9.17) is 19.3 Å². The van der Waals surface area contributed by atoms with Crippen LogP contribution in [-0.2, 0) is 30.5 Å². The number of rotatable bonds is 13. The molecule has 3 atom stereocenters. The van der Waals surface area contributed by atoms with E-state index in [1.54, 1.807) is 19.9 Å². The standard InChI is InChI=1S/C26H41N3O8/c1-16(2)29-20-7-6-18(15-35-17(3)31)12-21(20)36-23-14-19(32)13-22(37-23)24(33)27-9-10-28-25(34)26(4,5)8-11-30/h6-7,12,16,19,22-23,29-30,32H,8-11,13-15H2,1-5H3,(H,27,33)(H,28,34). The zero-order chi connectivity index (χ0) is 27.6. The highest BCUT2D eigenvalue weighted by Crippen LogP contribution is 2.31. The maximum Gasteiger partial charge on any atom is 0.302 e. The summed E-state index contributed by atoms with van der Waals surface area (Å²) >= 11 is 0. The molecular formula is C26H41N3O8. The molecule has 3 unspecified atom stereocenters. The number of nitrogens with one attached hydrogen (secondary N) is 3. The van der Waals surface area contributed by atoms with Gasteiger partial charge < -0.3 is 40.4 Å². The summed E-state index contributed by atoms with van der Waals surface area (Å²) in [5, 5.41) is 28.2. The Labute approximate surface area is 218 Å². The molecule has 0 bridgehead atoms. The van der Waals surface area contributed by atoms with E-state index in [2.05, 4.69) is 16.0 Å². The van der Waals surface area contributed by atoms with Gasteiger partial charge in [0, 0.05) is 50.9 Å². The van der Waals surface area contributed by atoms with Gasteiger partial charge in [-0.25, -0.2) is 0 Å². The Morgan fingerprint density at radius 1 is 1.16 bits per heavy atom. The van der Waals surface area contributed by atoms with Crippen molar-refractivity contribution in [2.45, 2.75) is 85.0 Å². The number of ether oxygens (including phenoxy) is 3. The molecule has 0 spiro atoms. The van der Waals surface area contributed by atoms with E-state index >= 15 is 0 Å². The minimum atomic E-state index is -0.930. The molecule has 1 saturated heterocycles. The van der Waals surface area contributed by atoms with Gasteiger partial charge in [-0.2, -0.15) is 0 Å². The summed E-state index contributed by atoms with van der Waals surface area (Å²) in [5.41, 5.74) is 0.707. The van der Waals surface area contributed by atoms with Crippen LogP contribution in [0.4, 0.5) is 5.69 Å². The second-order valence-electron chi connectivity index (χ2n) is 10.1. The molecule has 1 aromatic rings. The number of benzene rings is 1. The lowest BCUT2D eigenvalue weighted by atomic mass is 9.89. The molecule has 2 amide bonds. The van der Waals surface area contributed by atoms with Gasteiger partial charge in [0.25, 0.3) is 0 Å². The fourth-order valence-electron chi connectivity index (χ4n) is 3.72. The zero-order valence-corrected chi connectivity index (χ0v) is 22.3. The van der Waals surface area contributed by atoms with Crippen LogP contribution in [0.1, 0.15) is 59.4 Å². The van der Waals surface area contributed by atoms with Crippen LogP contribution in [0.3, 0.4) is 0 Å². The van der Waals surface area contributed by atoms with Gasteiger partial charge in [0.05, 0.1) is 11.8 Å². The van der Waals surface area contributed by atoms with Crippen molar-refractivity contribution in [3.05, 3.63) is 23.8 Å². The minimum Gasteiger partial charge on any atom is -0.463 e. The van der Waals surface area contributed by atoms with Crippen molar-refractivity contribution in [1.29, 1.82) is 0 Å². The normalized spacial score (nSPS) is 19.7. The van der Waals surface area contributed by atoms with Gasteiger partial charge in [0.15, 0.2) is 0 Å². The third-order valence-electron chi connectivity index (χ3n) is 5.81. The van der Waals surface area contributed by atoms with Gasteiger partial charge in [0.2, 0.25) is 18.1 Å². The summed E-state index contributed by atoms with van der Waals surface area (Å²) in [4.78, 5) is 36.1. The van der Waals surface area contributed by atoms with Crippen LogP contribution >= 0.6 is 0 Å². The molecular weight excluding hydrogens is 482 g/mol. The van der Waals surface area contributed by atoms with Crippen LogP contribution in [0.15, 0.2) is 18.2 Å². The lowest BCUT2D eigenvalue weighted by Gasteiger charge is -2.33. The fraction of sp³-hybridized carbons (Fsp3) is 0.654. The summed E-state index contributed by atoms with van der Waals surface area (Å²) in [6, 6.07) is 5.48. The molecule has 2 rings (SSSR count). The fourth-order valence-corrected chi connectivity index (χ4v) is 3.72. The number of aliphatic hydroxyl groups is 2. The van der Waals surface area contributed by atoms with Crippen molar-refractivity contribution >= 4 is 23.5 Å². The van der Waals surface area contributed by atoms with Crippen LogP contribution in [0.25, 0.3) is 0 Å². The molecule has 5 N–H and O–H groups in total. The van der Waals surface area contributed by atoms with E-state index in [9.17, 15) is 19.5 Å². The second-order valence-corrected chi connectivity index (χ2v) is 10.1. The van der Waals surface area contributed by atoms with Crippen molar-refractivity contribution in [3.8, 4) is 5.75 Å². The molecule has 37 heavy (non-hydrogen) atoms. The molecule has 1 fully saturated rings. The average Bonchev–Trinajstić information content (AvgIpc) is 2.80. The van der Waals surface area contributed by atoms with Crippen LogP contribution in [-0.4, -0.2) is 72.2 Å². The lowest BCUT2D eigenvalue weighted by Crippen LogP contribution is -2.48. The number of esters is 1. The van der Waals surface area contributed by atoms with Gasteiger partial charge in [-0.15, -0.1) is 0 Å². The quantitative estimate of drug-likeness (QED) is 0.191. The molecule has 11 heteroatoms. The highest BCUT2D eigenvalue weighted by molar-refractivity contribution is 5.82. The predicted molar refractivity (Wildman–Crippen MR) is 137 cm³/mol. The average molecular weight is 524 g/mol. The van der Waals surface area contributed by atoms with E-state index < -0.39 is 35.8 Å². The molecule has 0 saturated carbocycles. The van der Waals surface area contributed by atoms with Gasteiger partial charge in [0.1, 0.15) is 18.5 Å². The molecule has 1 aliphatic rings. The van der Waals surface area contributed by atoms with Gasteiger partial charge in [-0.3, -0.25) is 14.4 Å².